The van der Waals surface area contributed by atoms with Crippen LogP contribution in [0.3, 0.4) is 0 Å². The van der Waals surface area contributed by atoms with E-state index in [2.05, 4.69) is 22.3 Å². The molecule has 0 saturated carbocycles. The van der Waals surface area contributed by atoms with Crippen molar-refractivity contribution in [1.82, 2.24) is 10.6 Å². The van der Waals surface area contributed by atoms with Crippen molar-refractivity contribution in [1.29, 1.82) is 0 Å². The molecular weight excluding hydrogens is 270 g/mol. The SMILES string of the molecule is C=N/C(=C\NC)CCNC(=O)CCCC(=O)OC(C)(C)C. The van der Waals surface area contributed by atoms with Gasteiger partial charge in [0.1, 0.15) is 5.60 Å². The Bertz CT molecular complexity index is 384. The van der Waals surface area contributed by atoms with Crippen LogP contribution in [-0.4, -0.2) is 37.8 Å². The van der Waals surface area contributed by atoms with Crippen LogP contribution in [0, 0.1) is 0 Å². The minimum atomic E-state index is -0.479. The molecule has 2 N–H and O–H groups in total. The molecule has 120 valence electrons. The Labute approximate surface area is 127 Å². The lowest BCUT2D eigenvalue weighted by Crippen LogP contribution is -2.26. The Hall–Kier alpha value is -1.85. The standard InChI is InChI=1S/C15H27N3O3/c1-15(2,3)21-14(20)8-6-7-13(19)18-10-9-12(17-5)11-16-4/h11,16H,5-10H2,1-4H3,(H,18,19)/b12-11-. The molecule has 0 saturated heterocycles. The van der Waals surface area contributed by atoms with Gasteiger partial charge in [-0.2, -0.15) is 0 Å². The van der Waals surface area contributed by atoms with Crippen molar-refractivity contribution < 1.29 is 14.3 Å². The van der Waals surface area contributed by atoms with Crippen LogP contribution < -0.4 is 10.6 Å². The van der Waals surface area contributed by atoms with Crippen LogP contribution in [0.4, 0.5) is 0 Å². The third-order valence-corrected chi connectivity index (χ3v) is 2.42. The van der Waals surface area contributed by atoms with Gasteiger partial charge in [0, 0.05) is 39.1 Å². The van der Waals surface area contributed by atoms with Gasteiger partial charge in [0.05, 0.1) is 5.70 Å². The number of ether oxygens (including phenoxy) is 1. The second-order valence-electron chi connectivity index (χ2n) is 5.62. The maximum Gasteiger partial charge on any atom is 0.306 e. The minimum absolute atomic E-state index is 0.0774. The average Bonchev–Trinajstić information content (AvgIpc) is 2.35. The molecule has 0 aromatic heterocycles. The number of aliphatic imine (C=N–C) groups is 1. The van der Waals surface area contributed by atoms with Crippen molar-refractivity contribution in [3.63, 3.8) is 0 Å². The van der Waals surface area contributed by atoms with E-state index in [4.69, 9.17) is 4.74 Å². The van der Waals surface area contributed by atoms with Crippen LogP contribution in [0.5, 0.6) is 0 Å². The number of rotatable bonds is 9. The van der Waals surface area contributed by atoms with Gasteiger partial charge in [0.25, 0.3) is 0 Å². The number of nitrogens with one attached hydrogen (secondary N) is 2. The van der Waals surface area contributed by atoms with Gasteiger partial charge in [-0.1, -0.05) is 0 Å². The van der Waals surface area contributed by atoms with Gasteiger partial charge in [-0.25, -0.2) is 0 Å². The quantitative estimate of drug-likeness (QED) is 0.502. The predicted octanol–water partition coefficient (Wildman–Crippen LogP) is 1.77. The fourth-order valence-electron chi connectivity index (χ4n) is 1.57. The normalized spacial score (nSPS) is 11.7. The highest BCUT2D eigenvalue weighted by Crippen LogP contribution is 2.09. The van der Waals surface area contributed by atoms with E-state index in [0.29, 0.717) is 25.8 Å². The lowest BCUT2D eigenvalue weighted by molar-refractivity contribution is -0.154. The first-order valence-corrected chi connectivity index (χ1v) is 7.10. The molecule has 0 aromatic rings. The fourth-order valence-corrected chi connectivity index (χ4v) is 1.57. The van der Waals surface area contributed by atoms with Gasteiger partial charge in [0.2, 0.25) is 5.91 Å². The highest BCUT2D eigenvalue weighted by molar-refractivity contribution is 5.77. The van der Waals surface area contributed by atoms with Crippen LogP contribution in [0.15, 0.2) is 16.9 Å². The van der Waals surface area contributed by atoms with Gasteiger partial charge in [0.15, 0.2) is 0 Å². The van der Waals surface area contributed by atoms with E-state index < -0.39 is 5.60 Å². The Kier molecular flexibility index (Phi) is 9.08. The topological polar surface area (TPSA) is 79.8 Å². The van der Waals surface area contributed by atoms with Crippen LogP contribution in [0.25, 0.3) is 0 Å². The maximum atomic E-state index is 11.6. The number of hydrogen-bond acceptors (Lipinski definition) is 5. The zero-order valence-corrected chi connectivity index (χ0v) is 13.5. The summed E-state index contributed by atoms with van der Waals surface area (Å²) in [6.07, 6.45) is 3.40. The van der Waals surface area contributed by atoms with Gasteiger partial charge in [-0.3, -0.25) is 14.6 Å². The maximum absolute atomic E-state index is 11.6. The molecule has 0 aliphatic heterocycles. The molecule has 1 amide bonds. The molecule has 0 spiro atoms. The van der Waals surface area contributed by atoms with Gasteiger partial charge in [-0.05, 0) is 33.9 Å². The van der Waals surface area contributed by atoms with Crippen molar-refractivity contribution in [2.24, 2.45) is 4.99 Å². The molecular formula is C15H27N3O3. The average molecular weight is 297 g/mol. The molecule has 0 bridgehead atoms. The second kappa shape index (κ2) is 9.96. The van der Waals surface area contributed by atoms with Crippen LogP contribution in [0.2, 0.25) is 0 Å². The van der Waals surface area contributed by atoms with Crippen LogP contribution in [0.1, 0.15) is 46.5 Å². The highest BCUT2D eigenvalue weighted by atomic mass is 16.6. The van der Waals surface area contributed by atoms with Crippen molar-refractivity contribution in [2.45, 2.75) is 52.1 Å². The third kappa shape index (κ3) is 11.7. The van der Waals surface area contributed by atoms with E-state index in [1.807, 2.05) is 20.8 Å². The zero-order valence-electron chi connectivity index (χ0n) is 13.5. The molecule has 21 heavy (non-hydrogen) atoms. The number of hydrogen-bond donors (Lipinski definition) is 2. The van der Waals surface area contributed by atoms with Crippen molar-refractivity contribution >= 4 is 18.6 Å². The summed E-state index contributed by atoms with van der Waals surface area (Å²) in [6.45, 7) is 9.41. The molecule has 0 heterocycles. The Morgan fingerprint density at radius 2 is 1.90 bits per heavy atom. The van der Waals surface area contributed by atoms with E-state index in [1.165, 1.54) is 0 Å². The molecule has 0 aliphatic rings. The number of nitrogens with zero attached hydrogens (tertiary/aromatic N) is 1. The van der Waals surface area contributed by atoms with E-state index in [0.717, 1.165) is 5.70 Å². The smallest absolute Gasteiger partial charge is 0.306 e. The number of carbonyl (C=O) groups is 2. The summed E-state index contributed by atoms with van der Waals surface area (Å²) in [7, 11) is 1.78. The molecule has 6 nitrogen and oxygen atoms in total. The lowest BCUT2D eigenvalue weighted by Gasteiger charge is -2.19. The zero-order chi connectivity index (χ0) is 16.3. The predicted molar refractivity (Wildman–Crippen MR) is 84.0 cm³/mol. The van der Waals surface area contributed by atoms with Gasteiger partial charge < -0.3 is 15.4 Å². The third-order valence-electron chi connectivity index (χ3n) is 2.42. The molecule has 0 aliphatic carbocycles. The van der Waals surface area contributed by atoms with E-state index in [-0.39, 0.29) is 18.3 Å². The number of carbonyl (C=O) groups excluding carboxylic acids is 2. The summed E-state index contributed by atoms with van der Waals surface area (Å²) >= 11 is 0. The summed E-state index contributed by atoms with van der Waals surface area (Å²) in [5.74, 6) is -0.350. The summed E-state index contributed by atoms with van der Waals surface area (Å²) in [6, 6.07) is 0. The largest absolute Gasteiger partial charge is 0.460 e. The first kappa shape index (κ1) is 19.1. The van der Waals surface area contributed by atoms with Gasteiger partial charge in [-0.15, -0.1) is 0 Å². The first-order chi connectivity index (χ1) is 9.78. The highest BCUT2D eigenvalue weighted by Gasteiger charge is 2.16. The molecule has 0 rings (SSSR count). The van der Waals surface area contributed by atoms with E-state index in [1.54, 1.807) is 13.2 Å². The van der Waals surface area contributed by atoms with E-state index >= 15 is 0 Å². The van der Waals surface area contributed by atoms with Crippen molar-refractivity contribution in [3.8, 4) is 0 Å². The molecule has 0 aromatic carbocycles. The molecule has 0 atom stereocenters. The summed E-state index contributed by atoms with van der Waals surface area (Å²) in [4.78, 5) is 26.9. The van der Waals surface area contributed by atoms with E-state index in [9.17, 15) is 9.59 Å². The second-order valence-corrected chi connectivity index (χ2v) is 5.62. The number of amides is 1. The summed E-state index contributed by atoms with van der Waals surface area (Å²) in [5.41, 5.74) is 0.305. The molecule has 0 radical (unpaired) electrons. The minimum Gasteiger partial charge on any atom is -0.460 e. The molecule has 0 unspecified atom stereocenters. The van der Waals surface area contributed by atoms with Crippen molar-refractivity contribution in [2.75, 3.05) is 13.6 Å². The Balaban J connectivity index is 3.79. The summed E-state index contributed by atoms with van der Waals surface area (Å²) in [5, 5.41) is 5.64. The Morgan fingerprint density at radius 3 is 2.43 bits per heavy atom. The monoisotopic (exact) mass is 297 g/mol. The molecule has 0 fully saturated rings. The fraction of sp³-hybridized carbons (Fsp3) is 0.667. The lowest BCUT2D eigenvalue weighted by atomic mass is 10.2. The van der Waals surface area contributed by atoms with Crippen molar-refractivity contribution in [3.05, 3.63) is 11.9 Å². The van der Waals surface area contributed by atoms with Crippen LogP contribution >= 0.6 is 0 Å². The Morgan fingerprint density at radius 1 is 1.24 bits per heavy atom. The summed E-state index contributed by atoms with van der Waals surface area (Å²) < 4.78 is 5.17. The van der Waals surface area contributed by atoms with Gasteiger partial charge >= 0.3 is 5.97 Å². The number of esters is 1. The van der Waals surface area contributed by atoms with Crippen LogP contribution in [-0.2, 0) is 14.3 Å². The molecule has 6 heteroatoms. The first-order valence-electron chi connectivity index (χ1n) is 7.10.